The van der Waals surface area contributed by atoms with Crippen molar-refractivity contribution in [2.75, 3.05) is 0 Å². The second-order valence-electron chi connectivity index (χ2n) is 9.81. The van der Waals surface area contributed by atoms with E-state index < -0.39 is 5.97 Å². The van der Waals surface area contributed by atoms with Gasteiger partial charge in [0.2, 0.25) is 0 Å². The molecule has 4 nitrogen and oxygen atoms in total. The van der Waals surface area contributed by atoms with E-state index in [-0.39, 0.29) is 11.0 Å². The number of carboxylic acids is 1. The first kappa shape index (κ1) is 22.8. The number of unbranched alkanes of at least 4 members (excludes halogenated alkanes) is 4. The van der Waals surface area contributed by atoms with Gasteiger partial charge in [-0.1, -0.05) is 31.4 Å². The smallest absolute Gasteiger partial charge is 0.309 e. The normalized spacial score (nSPS) is 18.1. The maximum atomic E-state index is 11.3. The summed E-state index contributed by atoms with van der Waals surface area (Å²) in [6.07, 6.45) is 14.6. The first-order chi connectivity index (χ1) is 14.4. The quantitative estimate of drug-likeness (QED) is 0.279. The van der Waals surface area contributed by atoms with Crippen LogP contribution in [0.1, 0.15) is 99.3 Å². The van der Waals surface area contributed by atoms with Crippen molar-refractivity contribution in [3.05, 3.63) is 34.4 Å². The second-order valence-corrected chi connectivity index (χ2v) is 9.81. The average molecular weight is 415 g/mol. The van der Waals surface area contributed by atoms with Crippen molar-refractivity contribution in [1.29, 1.82) is 0 Å². The summed E-state index contributed by atoms with van der Waals surface area (Å²) in [5.41, 5.74) is 5.19. The maximum absolute atomic E-state index is 11.3. The van der Waals surface area contributed by atoms with Crippen molar-refractivity contribution in [3.8, 4) is 0 Å². The number of carboxylic acid groups (broad SMARTS) is 1. The Labute approximate surface area is 181 Å². The van der Waals surface area contributed by atoms with Crippen LogP contribution in [0.25, 0.3) is 0 Å². The molecule has 2 fully saturated rings. The van der Waals surface area contributed by atoms with Crippen molar-refractivity contribution in [2.24, 2.45) is 5.41 Å². The molecule has 0 unspecified atom stereocenters. The van der Waals surface area contributed by atoms with Gasteiger partial charge in [0.1, 0.15) is 5.60 Å². The first-order valence-corrected chi connectivity index (χ1v) is 11.8. The molecule has 0 radical (unpaired) electrons. The summed E-state index contributed by atoms with van der Waals surface area (Å²) >= 11 is 0. The number of hydrogen-bond donors (Lipinski definition) is 1. The van der Waals surface area contributed by atoms with Gasteiger partial charge >= 0.3 is 5.97 Å². The predicted molar refractivity (Wildman–Crippen MR) is 119 cm³/mol. The highest BCUT2D eigenvalue weighted by Crippen LogP contribution is 2.50. The van der Waals surface area contributed by atoms with Crippen LogP contribution in [0.3, 0.4) is 0 Å². The molecule has 0 saturated heterocycles. The third kappa shape index (κ3) is 6.09. The van der Waals surface area contributed by atoms with E-state index in [1.165, 1.54) is 35.1 Å². The Bertz CT molecular complexity index is 744. The van der Waals surface area contributed by atoms with Crippen LogP contribution in [-0.4, -0.2) is 23.1 Å². The van der Waals surface area contributed by atoms with Crippen LogP contribution >= 0.6 is 0 Å². The molecule has 0 atom stereocenters. The average Bonchev–Trinajstić information content (AvgIpc) is 3.61. The number of ether oxygens (including phenoxy) is 1. The predicted octanol–water partition coefficient (Wildman–Crippen LogP) is 6.08. The van der Waals surface area contributed by atoms with E-state index in [0.29, 0.717) is 6.47 Å². The third-order valence-electron chi connectivity index (χ3n) is 7.39. The van der Waals surface area contributed by atoms with Crippen LogP contribution in [-0.2, 0) is 27.2 Å². The van der Waals surface area contributed by atoms with Crippen molar-refractivity contribution in [1.82, 2.24) is 0 Å². The number of benzene rings is 1. The molecule has 30 heavy (non-hydrogen) atoms. The van der Waals surface area contributed by atoms with E-state index in [2.05, 4.69) is 26.0 Å². The highest BCUT2D eigenvalue weighted by molar-refractivity contribution is 5.77. The van der Waals surface area contributed by atoms with Crippen LogP contribution in [0.5, 0.6) is 0 Å². The largest absolute Gasteiger partial charge is 0.481 e. The van der Waals surface area contributed by atoms with Gasteiger partial charge in [-0.15, -0.1) is 0 Å². The third-order valence-corrected chi connectivity index (χ3v) is 7.39. The van der Waals surface area contributed by atoms with Gasteiger partial charge in [-0.3, -0.25) is 9.59 Å². The number of rotatable bonds is 15. The number of aryl methyl sites for hydroxylation is 4. The minimum atomic E-state index is -0.593. The lowest BCUT2D eigenvalue weighted by Gasteiger charge is -2.14. The standard InChI is InChI=1S/C26H38O4/c1-20-17-21(2)23(10-6-4-8-12-26(15-16-26)30-19-27)18-22(20)9-5-3-7-11-25(13-14-25)24(28)29/h17-19H,3-16H2,1-2H3,(H,28,29). The maximum Gasteiger partial charge on any atom is 0.309 e. The summed E-state index contributed by atoms with van der Waals surface area (Å²) in [6, 6.07) is 4.73. The Hall–Kier alpha value is -1.84. The molecule has 3 rings (SSSR count). The van der Waals surface area contributed by atoms with Crippen LogP contribution in [0.2, 0.25) is 0 Å². The molecule has 0 amide bonds. The number of carbonyl (C=O) groups excluding carboxylic acids is 1. The minimum Gasteiger partial charge on any atom is -0.481 e. The molecule has 1 N–H and O–H groups in total. The molecule has 166 valence electrons. The molecule has 1 aromatic carbocycles. The Kier molecular flexibility index (Phi) is 7.60. The van der Waals surface area contributed by atoms with Gasteiger partial charge in [0, 0.05) is 0 Å². The lowest BCUT2D eigenvalue weighted by Crippen LogP contribution is -2.14. The fourth-order valence-corrected chi connectivity index (χ4v) is 4.77. The molecule has 2 aliphatic rings. The zero-order valence-corrected chi connectivity index (χ0v) is 18.8. The summed E-state index contributed by atoms with van der Waals surface area (Å²) in [5.74, 6) is -0.593. The first-order valence-electron chi connectivity index (χ1n) is 11.8. The van der Waals surface area contributed by atoms with E-state index in [1.807, 2.05) is 0 Å². The van der Waals surface area contributed by atoms with Crippen LogP contribution in [0.15, 0.2) is 12.1 Å². The topological polar surface area (TPSA) is 63.6 Å². The molecule has 4 heteroatoms. The zero-order valence-electron chi connectivity index (χ0n) is 18.8. The van der Waals surface area contributed by atoms with Crippen molar-refractivity contribution in [2.45, 2.75) is 109 Å². The minimum absolute atomic E-state index is 0.113. The SMILES string of the molecule is Cc1cc(C)c(CCCCCC2(C(=O)O)CC2)cc1CCCCCC1(OC=O)CC1. The molecule has 0 bridgehead atoms. The number of aliphatic carboxylic acids is 1. The lowest BCUT2D eigenvalue weighted by molar-refractivity contribution is -0.143. The van der Waals surface area contributed by atoms with Crippen LogP contribution < -0.4 is 0 Å². The van der Waals surface area contributed by atoms with Crippen molar-refractivity contribution >= 4 is 12.4 Å². The summed E-state index contributed by atoms with van der Waals surface area (Å²) < 4.78 is 5.23. The fraction of sp³-hybridized carbons (Fsp3) is 0.692. The molecule has 1 aromatic rings. The molecule has 0 heterocycles. The summed E-state index contributed by atoms with van der Waals surface area (Å²) in [7, 11) is 0. The molecule has 0 aliphatic heterocycles. The molecule has 0 aromatic heterocycles. The number of carbonyl (C=O) groups is 2. The molecule has 2 saturated carbocycles. The van der Waals surface area contributed by atoms with Gasteiger partial charge in [0.25, 0.3) is 6.47 Å². The zero-order chi connectivity index (χ0) is 21.6. The van der Waals surface area contributed by atoms with Gasteiger partial charge in [-0.2, -0.15) is 0 Å². The van der Waals surface area contributed by atoms with Crippen molar-refractivity contribution < 1.29 is 19.4 Å². The highest BCUT2D eigenvalue weighted by atomic mass is 16.5. The summed E-state index contributed by atoms with van der Waals surface area (Å²) in [4.78, 5) is 21.8. The van der Waals surface area contributed by atoms with E-state index in [9.17, 15) is 14.7 Å². The van der Waals surface area contributed by atoms with E-state index in [0.717, 1.165) is 77.0 Å². The van der Waals surface area contributed by atoms with Gasteiger partial charge in [-0.05, 0) is 107 Å². The van der Waals surface area contributed by atoms with Crippen LogP contribution in [0.4, 0.5) is 0 Å². The van der Waals surface area contributed by atoms with Gasteiger partial charge < -0.3 is 9.84 Å². The van der Waals surface area contributed by atoms with Crippen LogP contribution in [0, 0.1) is 19.3 Å². The Balaban J connectivity index is 1.37. The molecule has 0 spiro atoms. The highest BCUT2D eigenvalue weighted by Gasteiger charge is 2.49. The Morgan fingerprint density at radius 1 is 0.900 bits per heavy atom. The summed E-state index contributed by atoms with van der Waals surface area (Å²) in [6.45, 7) is 5.03. The van der Waals surface area contributed by atoms with Gasteiger partial charge in [-0.25, -0.2) is 0 Å². The van der Waals surface area contributed by atoms with E-state index in [1.54, 1.807) is 0 Å². The van der Waals surface area contributed by atoms with Crippen molar-refractivity contribution in [3.63, 3.8) is 0 Å². The molecular formula is C26H38O4. The summed E-state index contributed by atoms with van der Waals surface area (Å²) in [5, 5.41) is 9.28. The van der Waals surface area contributed by atoms with Gasteiger partial charge in [0.05, 0.1) is 5.41 Å². The molecular weight excluding hydrogens is 376 g/mol. The van der Waals surface area contributed by atoms with E-state index in [4.69, 9.17) is 4.74 Å². The molecule has 2 aliphatic carbocycles. The Morgan fingerprint density at radius 2 is 1.47 bits per heavy atom. The Morgan fingerprint density at radius 3 is 1.93 bits per heavy atom. The van der Waals surface area contributed by atoms with E-state index >= 15 is 0 Å². The fourth-order valence-electron chi connectivity index (χ4n) is 4.77. The monoisotopic (exact) mass is 414 g/mol. The van der Waals surface area contributed by atoms with Gasteiger partial charge in [0.15, 0.2) is 0 Å². The number of hydrogen-bond acceptors (Lipinski definition) is 3. The second kappa shape index (κ2) is 9.98. The lowest BCUT2D eigenvalue weighted by atomic mass is 9.92.